The zero-order valence-corrected chi connectivity index (χ0v) is 11.3. The number of piperidine rings is 1. The summed E-state index contributed by atoms with van der Waals surface area (Å²) in [6.45, 7) is -0.201. The molecule has 2 atom stereocenters. The van der Waals surface area contributed by atoms with Gasteiger partial charge in [0.25, 0.3) is 0 Å². The summed E-state index contributed by atoms with van der Waals surface area (Å²) >= 11 is 0. The fraction of sp³-hybridized carbons (Fsp3) is 0.500. The SMILES string of the molecule is N[C@H]1CC[C@H](C(F)(F)F)N(C(=O)OCc2ccccc2)C1. The van der Waals surface area contributed by atoms with E-state index < -0.39 is 24.4 Å². The van der Waals surface area contributed by atoms with Crippen molar-refractivity contribution in [3.63, 3.8) is 0 Å². The molecule has 0 unspecified atom stereocenters. The van der Waals surface area contributed by atoms with Crippen molar-refractivity contribution in [2.75, 3.05) is 6.54 Å². The van der Waals surface area contributed by atoms with Crippen LogP contribution in [0.15, 0.2) is 30.3 Å². The lowest BCUT2D eigenvalue weighted by Gasteiger charge is -2.38. The van der Waals surface area contributed by atoms with Crippen molar-refractivity contribution in [3.05, 3.63) is 35.9 Å². The first-order chi connectivity index (χ1) is 9.88. The maximum Gasteiger partial charge on any atom is 0.410 e. The highest BCUT2D eigenvalue weighted by molar-refractivity contribution is 5.68. The Morgan fingerprint density at radius 1 is 1.29 bits per heavy atom. The number of carbonyl (C=O) groups excluding carboxylic acids is 1. The molecule has 1 saturated heterocycles. The van der Waals surface area contributed by atoms with Crippen LogP contribution in [0.1, 0.15) is 18.4 Å². The van der Waals surface area contributed by atoms with Gasteiger partial charge in [0.05, 0.1) is 0 Å². The molecule has 116 valence electrons. The first-order valence-electron chi connectivity index (χ1n) is 6.67. The summed E-state index contributed by atoms with van der Waals surface area (Å²) in [6, 6.07) is 6.52. The normalized spacial score (nSPS) is 23.0. The number of nitrogens with two attached hydrogens (primary N) is 1. The molecule has 1 fully saturated rings. The van der Waals surface area contributed by atoms with Gasteiger partial charge in [0.15, 0.2) is 0 Å². The van der Waals surface area contributed by atoms with E-state index in [1.54, 1.807) is 30.3 Å². The van der Waals surface area contributed by atoms with Gasteiger partial charge >= 0.3 is 12.3 Å². The minimum absolute atomic E-state index is 0.0595. The zero-order valence-electron chi connectivity index (χ0n) is 11.3. The van der Waals surface area contributed by atoms with Gasteiger partial charge in [-0.25, -0.2) is 4.79 Å². The Morgan fingerprint density at radius 3 is 2.57 bits per heavy atom. The quantitative estimate of drug-likeness (QED) is 0.914. The van der Waals surface area contributed by atoms with Crippen LogP contribution in [-0.4, -0.2) is 35.8 Å². The second kappa shape index (κ2) is 6.34. The van der Waals surface area contributed by atoms with Gasteiger partial charge in [-0.2, -0.15) is 13.2 Å². The van der Waals surface area contributed by atoms with Crippen LogP contribution >= 0.6 is 0 Å². The smallest absolute Gasteiger partial charge is 0.410 e. The molecule has 1 aliphatic rings. The second-order valence-electron chi connectivity index (χ2n) is 5.09. The molecule has 0 aliphatic carbocycles. The Balaban J connectivity index is 2.00. The molecule has 7 heteroatoms. The van der Waals surface area contributed by atoms with E-state index in [4.69, 9.17) is 10.5 Å². The van der Waals surface area contributed by atoms with Crippen molar-refractivity contribution in [1.29, 1.82) is 0 Å². The first kappa shape index (κ1) is 15.6. The van der Waals surface area contributed by atoms with E-state index >= 15 is 0 Å². The van der Waals surface area contributed by atoms with Gasteiger partial charge in [-0.15, -0.1) is 0 Å². The average Bonchev–Trinajstić information content (AvgIpc) is 2.44. The number of nitrogens with zero attached hydrogens (tertiary/aromatic N) is 1. The number of hydrogen-bond acceptors (Lipinski definition) is 3. The average molecular weight is 302 g/mol. The van der Waals surface area contributed by atoms with Crippen molar-refractivity contribution >= 4 is 6.09 Å². The topological polar surface area (TPSA) is 55.6 Å². The molecule has 0 spiro atoms. The molecule has 0 radical (unpaired) electrons. The molecule has 1 aromatic rings. The molecule has 0 saturated carbocycles. The maximum absolute atomic E-state index is 13.0. The zero-order chi connectivity index (χ0) is 15.5. The van der Waals surface area contributed by atoms with Crippen LogP contribution < -0.4 is 5.73 Å². The highest BCUT2D eigenvalue weighted by Gasteiger charge is 2.48. The van der Waals surface area contributed by atoms with Crippen LogP contribution in [0.4, 0.5) is 18.0 Å². The fourth-order valence-electron chi connectivity index (χ4n) is 2.34. The number of alkyl halides is 3. The van der Waals surface area contributed by atoms with E-state index in [1.165, 1.54) is 0 Å². The number of hydrogen-bond donors (Lipinski definition) is 1. The molecular weight excluding hydrogens is 285 g/mol. The fourth-order valence-corrected chi connectivity index (χ4v) is 2.34. The van der Waals surface area contributed by atoms with E-state index in [1.807, 2.05) is 0 Å². The number of likely N-dealkylation sites (tertiary alicyclic amines) is 1. The van der Waals surface area contributed by atoms with Crippen molar-refractivity contribution in [2.45, 2.75) is 37.7 Å². The lowest BCUT2D eigenvalue weighted by Crippen LogP contribution is -2.56. The molecule has 1 heterocycles. The third kappa shape index (κ3) is 4.10. The van der Waals surface area contributed by atoms with Crippen molar-refractivity contribution < 1.29 is 22.7 Å². The second-order valence-corrected chi connectivity index (χ2v) is 5.09. The Bertz CT molecular complexity index is 479. The Kier molecular flexibility index (Phi) is 4.72. The molecule has 1 aromatic carbocycles. The molecular formula is C14H17F3N2O2. The first-order valence-corrected chi connectivity index (χ1v) is 6.67. The number of amides is 1. The Hall–Kier alpha value is -1.76. The van der Waals surface area contributed by atoms with E-state index in [-0.39, 0.29) is 26.0 Å². The van der Waals surface area contributed by atoms with E-state index in [0.29, 0.717) is 4.90 Å². The van der Waals surface area contributed by atoms with Crippen LogP contribution in [0.2, 0.25) is 0 Å². The standard InChI is InChI=1S/C14H17F3N2O2/c15-14(16,17)12-7-6-11(18)8-19(12)13(20)21-9-10-4-2-1-3-5-10/h1-5,11-12H,6-9,18H2/t11-,12+/m0/s1. The third-order valence-corrected chi connectivity index (χ3v) is 3.44. The molecule has 2 N–H and O–H groups in total. The van der Waals surface area contributed by atoms with Gasteiger partial charge in [0.2, 0.25) is 0 Å². The molecule has 0 aromatic heterocycles. The van der Waals surface area contributed by atoms with Crippen LogP contribution in [0, 0.1) is 0 Å². The minimum atomic E-state index is -4.47. The predicted molar refractivity (Wildman–Crippen MR) is 70.4 cm³/mol. The van der Waals surface area contributed by atoms with Gasteiger partial charge in [0, 0.05) is 12.6 Å². The number of rotatable bonds is 2. The highest BCUT2D eigenvalue weighted by Crippen LogP contribution is 2.32. The van der Waals surface area contributed by atoms with E-state index in [0.717, 1.165) is 5.56 Å². The summed E-state index contributed by atoms with van der Waals surface area (Å²) in [5.74, 6) is 0. The van der Waals surface area contributed by atoms with Gasteiger partial charge < -0.3 is 10.5 Å². The maximum atomic E-state index is 13.0. The minimum Gasteiger partial charge on any atom is -0.445 e. The van der Waals surface area contributed by atoms with Gasteiger partial charge in [-0.1, -0.05) is 30.3 Å². The van der Waals surface area contributed by atoms with Crippen LogP contribution in [0.5, 0.6) is 0 Å². The van der Waals surface area contributed by atoms with Crippen LogP contribution in [0.3, 0.4) is 0 Å². The van der Waals surface area contributed by atoms with Crippen molar-refractivity contribution in [2.24, 2.45) is 5.73 Å². The molecule has 1 amide bonds. The summed E-state index contributed by atoms with van der Waals surface area (Å²) in [4.78, 5) is 12.6. The predicted octanol–water partition coefficient (Wildman–Crippen LogP) is 2.68. The van der Waals surface area contributed by atoms with E-state index in [2.05, 4.69) is 0 Å². The number of halogens is 3. The lowest BCUT2D eigenvalue weighted by molar-refractivity contribution is -0.186. The van der Waals surface area contributed by atoms with Gasteiger partial charge in [-0.05, 0) is 18.4 Å². The van der Waals surface area contributed by atoms with Crippen LogP contribution in [-0.2, 0) is 11.3 Å². The number of carbonyl (C=O) groups is 1. The highest BCUT2D eigenvalue weighted by atomic mass is 19.4. The summed E-state index contributed by atoms with van der Waals surface area (Å²) in [5.41, 5.74) is 6.38. The summed E-state index contributed by atoms with van der Waals surface area (Å²) in [5, 5.41) is 0. The van der Waals surface area contributed by atoms with Gasteiger partial charge in [-0.3, -0.25) is 4.90 Å². The summed E-state index contributed by atoms with van der Waals surface area (Å²) in [6.07, 6.45) is -5.39. The van der Waals surface area contributed by atoms with Crippen molar-refractivity contribution in [1.82, 2.24) is 4.90 Å². The number of benzene rings is 1. The monoisotopic (exact) mass is 302 g/mol. The molecule has 0 bridgehead atoms. The Labute approximate surface area is 120 Å². The lowest BCUT2D eigenvalue weighted by atomic mass is 9.99. The molecule has 2 rings (SSSR count). The molecule has 4 nitrogen and oxygen atoms in total. The van der Waals surface area contributed by atoms with Crippen LogP contribution in [0.25, 0.3) is 0 Å². The summed E-state index contributed by atoms with van der Waals surface area (Å²) < 4.78 is 43.8. The van der Waals surface area contributed by atoms with Crippen molar-refractivity contribution in [3.8, 4) is 0 Å². The third-order valence-electron chi connectivity index (χ3n) is 3.44. The van der Waals surface area contributed by atoms with E-state index in [9.17, 15) is 18.0 Å². The van der Waals surface area contributed by atoms with Gasteiger partial charge in [0.1, 0.15) is 12.6 Å². The summed E-state index contributed by atoms with van der Waals surface area (Å²) in [7, 11) is 0. The largest absolute Gasteiger partial charge is 0.445 e. The molecule has 21 heavy (non-hydrogen) atoms. The number of ether oxygens (including phenoxy) is 1. The molecule has 1 aliphatic heterocycles. The Morgan fingerprint density at radius 2 is 1.95 bits per heavy atom.